The average Bonchev–Trinajstić information content (AvgIpc) is 2.42. The molecule has 2 N–H and O–H groups in total. The summed E-state index contributed by atoms with van der Waals surface area (Å²) in [7, 11) is 1.96. The number of carbonyl (C=O) groups is 1. The van der Waals surface area contributed by atoms with E-state index in [1.807, 2.05) is 11.9 Å². The summed E-state index contributed by atoms with van der Waals surface area (Å²) >= 11 is 2.15. The average molecular weight is 374 g/mol. The molecule has 0 bridgehead atoms. The molecule has 1 aromatic rings. The Kier molecular flexibility index (Phi) is 4.35. The topological polar surface area (TPSA) is 52.6 Å². The second-order valence-corrected chi connectivity index (χ2v) is 6.51. The Morgan fingerprint density at radius 1 is 1.42 bits per heavy atom. The lowest BCUT2D eigenvalue weighted by atomic mass is 9.89. The number of halogens is 1. The molecule has 1 saturated heterocycles. The van der Waals surface area contributed by atoms with Crippen molar-refractivity contribution in [3.63, 3.8) is 0 Å². The molecule has 5 heteroatoms. The van der Waals surface area contributed by atoms with E-state index in [9.17, 15) is 9.90 Å². The number of nitrogens with zero attached hydrogens (tertiary/aromatic N) is 1. The number of nitrogens with one attached hydrogen (secondary N) is 1. The van der Waals surface area contributed by atoms with E-state index in [0.29, 0.717) is 5.56 Å². The molecule has 1 aromatic carbocycles. The highest BCUT2D eigenvalue weighted by Crippen LogP contribution is 2.26. The van der Waals surface area contributed by atoms with Crippen LogP contribution in [0.1, 0.15) is 30.1 Å². The first-order valence-electron chi connectivity index (χ1n) is 6.42. The minimum absolute atomic E-state index is 0.0624. The van der Waals surface area contributed by atoms with Gasteiger partial charge in [-0.3, -0.25) is 4.79 Å². The maximum atomic E-state index is 12.4. The third-order valence-electron chi connectivity index (χ3n) is 3.95. The van der Waals surface area contributed by atoms with Crippen molar-refractivity contribution >= 4 is 28.5 Å². The van der Waals surface area contributed by atoms with Crippen LogP contribution in [0.4, 0.5) is 0 Å². The zero-order valence-electron chi connectivity index (χ0n) is 11.2. The molecule has 104 valence electrons. The Morgan fingerprint density at radius 3 is 2.63 bits per heavy atom. The third-order valence-corrected chi connectivity index (χ3v) is 4.62. The van der Waals surface area contributed by atoms with E-state index in [-0.39, 0.29) is 17.2 Å². The molecule has 1 heterocycles. The second-order valence-electron chi connectivity index (χ2n) is 5.26. The zero-order chi connectivity index (χ0) is 14.0. The monoisotopic (exact) mass is 374 g/mol. The van der Waals surface area contributed by atoms with Gasteiger partial charge in [-0.25, -0.2) is 0 Å². The predicted molar refractivity (Wildman–Crippen MR) is 83.4 cm³/mol. The van der Waals surface area contributed by atoms with Crippen molar-refractivity contribution in [2.24, 2.45) is 0 Å². The number of phenolic OH excluding ortho intramolecular Hbond substituents is 1. The molecule has 2 rings (SSSR count). The van der Waals surface area contributed by atoms with Crippen LogP contribution in [0.5, 0.6) is 5.75 Å². The lowest BCUT2D eigenvalue weighted by Gasteiger charge is -2.39. The summed E-state index contributed by atoms with van der Waals surface area (Å²) < 4.78 is 0.954. The number of benzene rings is 1. The van der Waals surface area contributed by atoms with Gasteiger partial charge in [0.1, 0.15) is 5.75 Å². The highest BCUT2D eigenvalue weighted by Gasteiger charge is 2.31. The molecule has 0 unspecified atom stereocenters. The quantitative estimate of drug-likeness (QED) is 0.781. The van der Waals surface area contributed by atoms with E-state index in [1.54, 1.807) is 18.2 Å². The van der Waals surface area contributed by atoms with Crippen LogP contribution >= 0.6 is 22.6 Å². The SMILES string of the molecule is CNC1(C)CCN(C(=O)c2cc(I)ccc2O)CC1. The Morgan fingerprint density at radius 2 is 2.05 bits per heavy atom. The number of amides is 1. The maximum Gasteiger partial charge on any atom is 0.257 e. The van der Waals surface area contributed by atoms with E-state index < -0.39 is 0 Å². The number of likely N-dealkylation sites (tertiary alicyclic amines) is 1. The molecule has 19 heavy (non-hydrogen) atoms. The van der Waals surface area contributed by atoms with E-state index in [0.717, 1.165) is 29.5 Å². The maximum absolute atomic E-state index is 12.4. The summed E-state index contributed by atoms with van der Waals surface area (Å²) in [5.74, 6) is -0.0125. The summed E-state index contributed by atoms with van der Waals surface area (Å²) in [6.45, 7) is 3.62. The molecule has 4 nitrogen and oxygen atoms in total. The summed E-state index contributed by atoms with van der Waals surface area (Å²) in [5, 5.41) is 13.1. The van der Waals surface area contributed by atoms with Crippen molar-refractivity contribution < 1.29 is 9.90 Å². The smallest absolute Gasteiger partial charge is 0.257 e. The molecular formula is C14H19IN2O2. The highest BCUT2D eigenvalue weighted by atomic mass is 127. The van der Waals surface area contributed by atoms with E-state index in [4.69, 9.17) is 0 Å². The van der Waals surface area contributed by atoms with Gasteiger partial charge in [-0.15, -0.1) is 0 Å². The molecule has 1 aliphatic heterocycles. The molecule has 0 saturated carbocycles. The van der Waals surface area contributed by atoms with Crippen molar-refractivity contribution in [1.82, 2.24) is 10.2 Å². The molecule has 0 atom stereocenters. The number of hydrogen-bond acceptors (Lipinski definition) is 3. The van der Waals surface area contributed by atoms with Crippen molar-refractivity contribution in [1.29, 1.82) is 0 Å². The van der Waals surface area contributed by atoms with Gasteiger partial charge >= 0.3 is 0 Å². The first-order chi connectivity index (χ1) is 8.95. The summed E-state index contributed by atoms with van der Waals surface area (Å²) in [6, 6.07) is 5.11. The third kappa shape index (κ3) is 3.20. The molecule has 0 radical (unpaired) electrons. The predicted octanol–water partition coefficient (Wildman–Crippen LogP) is 2.21. The van der Waals surface area contributed by atoms with Gasteiger partial charge in [-0.1, -0.05) is 0 Å². The van der Waals surface area contributed by atoms with E-state index >= 15 is 0 Å². The van der Waals surface area contributed by atoms with Gasteiger partial charge in [0.2, 0.25) is 0 Å². The van der Waals surface area contributed by atoms with E-state index in [1.165, 1.54) is 0 Å². The first kappa shape index (κ1) is 14.6. The number of aromatic hydroxyl groups is 1. The van der Waals surface area contributed by atoms with Crippen LogP contribution in [0.3, 0.4) is 0 Å². The van der Waals surface area contributed by atoms with Crippen molar-refractivity contribution in [3.05, 3.63) is 27.3 Å². The lowest BCUT2D eigenvalue weighted by Crippen LogP contribution is -2.51. The van der Waals surface area contributed by atoms with Gasteiger partial charge in [0, 0.05) is 22.2 Å². The Balaban J connectivity index is 2.11. The zero-order valence-corrected chi connectivity index (χ0v) is 13.4. The standard InChI is InChI=1S/C14H19IN2O2/c1-14(16-2)5-7-17(8-6-14)13(19)11-9-10(15)3-4-12(11)18/h3-4,9,16,18H,5-8H2,1-2H3. The van der Waals surface area contributed by atoms with Crippen molar-refractivity contribution in [3.8, 4) is 5.75 Å². The Labute approximate surface area is 127 Å². The van der Waals surface area contributed by atoms with Crippen LogP contribution in [-0.4, -0.2) is 41.6 Å². The van der Waals surface area contributed by atoms with Crippen LogP contribution in [0.15, 0.2) is 18.2 Å². The number of carbonyl (C=O) groups excluding carboxylic acids is 1. The van der Waals surface area contributed by atoms with Crippen LogP contribution in [0.25, 0.3) is 0 Å². The van der Waals surface area contributed by atoms with E-state index in [2.05, 4.69) is 34.8 Å². The van der Waals surface area contributed by atoms with Gasteiger partial charge in [0.15, 0.2) is 0 Å². The largest absolute Gasteiger partial charge is 0.507 e. The van der Waals surface area contributed by atoms with Crippen LogP contribution in [0.2, 0.25) is 0 Å². The minimum Gasteiger partial charge on any atom is -0.507 e. The number of rotatable bonds is 2. The van der Waals surface area contributed by atoms with Crippen molar-refractivity contribution in [2.75, 3.05) is 20.1 Å². The number of piperidine rings is 1. The summed E-state index contributed by atoms with van der Waals surface area (Å²) in [6.07, 6.45) is 1.86. The fourth-order valence-electron chi connectivity index (χ4n) is 2.30. The molecule has 1 amide bonds. The molecule has 0 spiro atoms. The number of hydrogen-bond donors (Lipinski definition) is 2. The number of phenols is 1. The molecule has 0 aromatic heterocycles. The molecule has 1 fully saturated rings. The fraction of sp³-hybridized carbons (Fsp3) is 0.500. The lowest BCUT2D eigenvalue weighted by molar-refractivity contribution is 0.0659. The van der Waals surface area contributed by atoms with Gasteiger partial charge in [0.25, 0.3) is 5.91 Å². The van der Waals surface area contributed by atoms with Gasteiger partial charge < -0.3 is 15.3 Å². The van der Waals surface area contributed by atoms with Crippen LogP contribution in [-0.2, 0) is 0 Å². The first-order valence-corrected chi connectivity index (χ1v) is 7.50. The fourth-order valence-corrected chi connectivity index (χ4v) is 2.79. The van der Waals surface area contributed by atoms with Crippen LogP contribution < -0.4 is 5.32 Å². The Hall–Kier alpha value is -0.820. The van der Waals surface area contributed by atoms with Crippen LogP contribution in [0, 0.1) is 3.57 Å². The molecular weight excluding hydrogens is 355 g/mol. The molecule has 0 aliphatic carbocycles. The van der Waals surface area contributed by atoms with Gasteiger partial charge in [-0.05, 0) is 67.6 Å². The van der Waals surface area contributed by atoms with Gasteiger partial charge in [0.05, 0.1) is 5.56 Å². The van der Waals surface area contributed by atoms with Crippen molar-refractivity contribution in [2.45, 2.75) is 25.3 Å². The molecule has 1 aliphatic rings. The summed E-state index contributed by atoms with van der Waals surface area (Å²) in [4.78, 5) is 14.2. The Bertz CT molecular complexity index is 482. The normalized spacial score (nSPS) is 18.4. The minimum atomic E-state index is -0.0748. The highest BCUT2D eigenvalue weighted by molar-refractivity contribution is 14.1. The summed E-state index contributed by atoms with van der Waals surface area (Å²) in [5.41, 5.74) is 0.518. The second kappa shape index (κ2) is 5.66. The van der Waals surface area contributed by atoms with Gasteiger partial charge in [-0.2, -0.15) is 0 Å².